The van der Waals surface area contributed by atoms with Gasteiger partial charge < -0.3 is 5.73 Å². The average Bonchev–Trinajstić information content (AvgIpc) is 3.06. The number of H-pyrrole nitrogens is 1. The van der Waals surface area contributed by atoms with Gasteiger partial charge in [-0.1, -0.05) is 83.5 Å². The third kappa shape index (κ3) is 5.49. The number of anilines is 1. The molecule has 0 unspecified atom stereocenters. The van der Waals surface area contributed by atoms with Crippen LogP contribution in [0.3, 0.4) is 0 Å². The van der Waals surface area contributed by atoms with Gasteiger partial charge in [-0.2, -0.15) is 5.10 Å². The molecule has 0 spiro atoms. The van der Waals surface area contributed by atoms with E-state index in [1.165, 1.54) is 120 Å². The molecule has 3 rings (SSSR count). The van der Waals surface area contributed by atoms with E-state index in [-0.39, 0.29) is 0 Å². The molecule has 3 nitrogen and oxygen atoms in total. The molecule has 0 atom stereocenters. The number of hydrogen-bond acceptors (Lipinski definition) is 2. The lowest BCUT2D eigenvalue weighted by Crippen LogP contribution is -2.09. The van der Waals surface area contributed by atoms with Crippen molar-refractivity contribution in [1.29, 1.82) is 0 Å². The Hall–Kier alpha value is -0.990. The zero-order valence-electron chi connectivity index (χ0n) is 16.2. The fourth-order valence-corrected chi connectivity index (χ4v) is 5.12. The van der Waals surface area contributed by atoms with Gasteiger partial charge in [-0.15, -0.1) is 0 Å². The van der Waals surface area contributed by atoms with Gasteiger partial charge in [0.05, 0.1) is 5.69 Å². The first-order chi connectivity index (χ1) is 12.4. The topological polar surface area (TPSA) is 54.7 Å². The largest absolute Gasteiger partial charge is 0.384 e. The molecule has 0 aliphatic heterocycles. The summed E-state index contributed by atoms with van der Waals surface area (Å²) in [4.78, 5) is 0. The second kappa shape index (κ2) is 10.2. The Labute approximate surface area is 154 Å². The summed E-state index contributed by atoms with van der Waals surface area (Å²) in [6.07, 6.45) is 23.4. The highest BCUT2D eigenvalue weighted by atomic mass is 15.2. The first-order valence-electron chi connectivity index (χ1n) is 11.2. The first-order valence-corrected chi connectivity index (χ1v) is 11.2. The highest BCUT2D eigenvalue weighted by Crippen LogP contribution is 2.40. The number of rotatable bonds is 2. The molecule has 2 aliphatic rings. The molecule has 2 saturated carbocycles. The van der Waals surface area contributed by atoms with Crippen molar-refractivity contribution in [2.75, 3.05) is 5.73 Å². The van der Waals surface area contributed by atoms with Crippen molar-refractivity contribution in [3.05, 3.63) is 11.3 Å². The number of hydrogen-bond donors (Lipinski definition) is 2. The predicted molar refractivity (Wildman–Crippen MR) is 107 cm³/mol. The molecule has 1 aromatic rings. The molecule has 0 saturated heterocycles. The Kier molecular flexibility index (Phi) is 7.69. The zero-order valence-corrected chi connectivity index (χ0v) is 16.2. The Bertz CT molecular complexity index is 473. The van der Waals surface area contributed by atoms with Crippen LogP contribution in [0.4, 0.5) is 5.82 Å². The van der Waals surface area contributed by atoms with Crippen LogP contribution in [-0.2, 0) is 0 Å². The molecule has 0 aromatic carbocycles. The molecule has 2 fully saturated rings. The van der Waals surface area contributed by atoms with Crippen molar-refractivity contribution in [2.24, 2.45) is 0 Å². The molecule has 0 radical (unpaired) electrons. The number of aromatic nitrogens is 2. The summed E-state index contributed by atoms with van der Waals surface area (Å²) < 4.78 is 0. The van der Waals surface area contributed by atoms with E-state index in [0.717, 1.165) is 5.82 Å². The van der Waals surface area contributed by atoms with Crippen molar-refractivity contribution in [3.63, 3.8) is 0 Å². The van der Waals surface area contributed by atoms with Gasteiger partial charge >= 0.3 is 0 Å². The van der Waals surface area contributed by atoms with Gasteiger partial charge in [-0.25, -0.2) is 0 Å². The number of nitrogens with two attached hydrogens (primary N) is 1. The fourth-order valence-electron chi connectivity index (χ4n) is 5.12. The minimum Gasteiger partial charge on any atom is -0.384 e. The normalized spacial score (nSPS) is 23.5. The van der Waals surface area contributed by atoms with Crippen molar-refractivity contribution in [2.45, 2.75) is 121 Å². The summed E-state index contributed by atoms with van der Waals surface area (Å²) in [7, 11) is 0. The Morgan fingerprint density at radius 1 is 0.600 bits per heavy atom. The molecule has 3 heteroatoms. The van der Waals surface area contributed by atoms with E-state index in [2.05, 4.69) is 5.10 Å². The van der Waals surface area contributed by atoms with Crippen LogP contribution >= 0.6 is 0 Å². The van der Waals surface area contributed by atoms with Crippen LogP contribution in [-0.4, -0.2) is 10.2 Å². The summed E-state index contributed by atoms with van der Waals surface area (Å²) in [5.74, 6) is 2.15. The Morgan fingerprint density at radius 2 is 1.00 bits per heavy atom. The maximum absolute atomic E-state index is 6.42. The van der Waals surface area contributed by atoms with E-state index < -0.39 is 0 Å². The molecule has 0 amide bonds. The van der Waals surface area contributed by atoms with Crippen LogP contribution < -0.4 is 5.73 Å². The molecule has 3 N–H and O–H groups in total. The predicted octanol–water partition coefficient (Wildman–Crippen LogP) is 6.82. The molecule has 25 heavy (non-hydrogen) atoms. The third-order valence-corrected chi connectivity index (χ3v) is 6.62. The maximum Gasteiger partial charge on any atom is 0.122 e. The van der Waals surface area contributed by atoms with E-state index >= 15 is 0 Å². The first kappa shape index (κ1) is 18.8. The third-order valence-electron chi connectivity index (χ3n) is 6.62. The van der Waals surface area contributed by atoms with Crippen molar-refractivity contribution >= 4 is 5.82 Å². The lowest BCUT2D eigenvalue weighted by molar-refractivity contribution is 0.455. The van der Waals surface area contributed by atoms with E-state index in [1.54, 1.807) is 0 Å². The van der Waals surface area contributed by atoms with Crippen molar-refractivity contribution in [1.82, 2.24) is 10.2 Å². The monoisotopic (exact) mass is 345 g/mol. The van der Waals surface area contributed by atoms with E-state index in [9.17, 15) is 0 Å². The van der Waals surface area contributed by atoms with Crippen molar-refractivity contribution < 1.29 is 0 Å². The van der Waals surface area contributed by atoms with Crippen molar-refractivity contribution in [3.8, 4) is 0 Å². The summed E-state index contributed by atoms with van der Waals surface area (Å²) in [6, 6.07) is 0. The Balaban J connectivity index is 1.75. The van der Waals surface area contributed by atoms with Gasteiger partial charge in [0.15, 0.2) is 0 Å². The maximum atomic E-state index is 6.42. The van der Waals surface area contributed by atoms with Gasteiger partial charge in [-0.3, -0.25) is 5.10 Å². The second-order valence-electron chi connectivity index (χ2n) is 8.58. The van der Waals surface area contributed by atoms with E-state index in [0.29, 0.717) is 11.8 Å². The standard InChI is InChI=1S/C22H39N3/c23-22-20(18-14-10-6-2-1-3-7-11-15-18)21(24-25-22)19-16-12-8-4-5-9-13-17-19/h18-19H,1-17H2,(H3,23,24,25). The molecule has 1 aromatic heterocycles. The number of aromatic amines is 1. The van der Waals surface area contributed by atoms with Crippen LogP contribution in [0.5, 0.6) is 0 Å². The van der Waals surface area contributed by atoms with Crippen LogP contribution in [0.25, 0.3) is 0 Å². The van der Waals surface area contributed by atoms with Gasteiger partial charge in [0.2, 0.25) is 0 Å². The van der Waals surface area contributed by atoms with Gasteiger partial charge in [0.1, 0.15) is 5.82 Å². The molecule has 142 valence electrons. The summed E-state index contributed by atoms with van der Waals surface area (Å²) in [6.45, 7) is 0. The highest BCUT2D eigenvalue weighted by Gasteiger charge is 2.26. The second-order valence-corrected chi connectivity index (χ2v) is 8.58. The minimum absolute atomic E-state index is 0.636. The smallest absolute Gasteiger partial charge is 0.122 e. The number of nitrogens with zero attached hydrogens (tertiary/aromatic N) is 1. The quantitative estimate of drug-likeness (QED) is 0.618. The van der Waals surface area contributed by atoms with Crippen LogP contribution in [0.15, 0.2) is 0 Å². The van der Waals surface area contributed by atoms with Crippen LogP contribution in [0.1, 0.15) is 132 Å². The molecule has 0 bridgehead atoms. The molecular formula is C22H39N3. The SMILES string of the molecule is Nc1[nH]nc(C2CCCCCCCC2)c1C1CCCCCCCCC1. The van der Waals surface area contributed by atoms with Gasteiger partial charge in [-0.05, 0) is 31.6 Å². The summed E-state index contributed by atoms with van der Waals surface area (Å²) in [5, 5.41) is 7.94. The van der Waals surface area contributed by atoms with Gasteiger partial charge in [0, 0.05) is 11.5 Å². The van der Waals surface area contributed by atoms with Crippen LogP contribution in [0, 0.1) is 0 Å². The van der Waals surface area contributed by atoms with E-state index in [1.807, 2.05) is 0 Å². The molecule has 1 heterocycles. The zero-order chi connectivity index (χ0) is 17.3. The summed E-state index contributed by atoms with van der Waals surface area (Å²) in [5.41, 5.74) is 9.19. The minimum atomic E-state index is 0.636. The number of nitrogens with one attached hydrogen (secondary N) is 1. The van der Waals surface area contributed by atoms with Crippen LogP contribution in [0.2, 0.25) is 0 Å². The molecular weight excluding hydrogens is 306 g/mol. The number of nitrogen functional groups attached to an aromatic ring is 1. The van der Waals surface area contributed by atoms with Gasteiger partial charge in [0.25, 0.3) is 0 Å². The average molecular weight is 346 g/mol. The fraction of sp³-hybridized carbons (Fsp3) is 0.864. The lowest BCUT2D eigenvalue weighted by Gasteiger charge is -2.22. The molecule has 2 aliphatic carbocycles. The summed E-state index contributed by atoms with van der Waals surface area (Å²) >= 11 is 0. The lowest BCUT2D eigenvalue weighted by atomic mass is 9.82. The highest BCUT2D eigenvalue weighted by molar-refractivity contribution is 5.46. The van der Waals surface area contributed by atoms with E-state index in [4.69, 9.17) is 10.8 Å². The Morgan fingerprint density at radius 3 is 1.48 bits per heavy atom.